The van der Waals surface area contributed by atoms with Crippen LogP contribution < -0.4 is 5.32 Å². The van der Waals surface area contributed by atoms with Gasteiger partial charge in [-0.3, -0.25) is 4.99 Å². The van der Waals surface area contributed by atoms with Crippen LogP contribution in [-0.4, -0.2) is 29.3 Å². The molecule has 0 spiro atoms. The number of hydrogen-bond acceptors (Lipinski definition) is 4. The maximum Gasteiger partial charge on any atom is 0.433 e. The van der Waals surface area contributed by atoms with Crippen molar-refractivity contribution in [2.45, 2.75) is 6.18 Å². The Hall–Kier alpha value is -2.58. The molecule has 0 amide bonds. The maximum absolute atomic E-state index is 12.9. The van der Waals surface area contributed by atoms with Crippen molar-refractivity contribution in [2.75, 3.05) is 18.4 Å². The molecule has 2 rings (SSSR count). The third kappa shape index (κ3) is 5.28. The summed E-state index contributed by atoms with van der Waals surface area (Å²) in [5, 5.41) is 2.58. The zero-order valence-electron chi connectivity index (χ0n) is 11.6. The van der Waals surface area contributed by atoms with E-state index in [2.05, 4.69) is 20.3 Å². The molecule has 9 heteroatoms. The average molecular weight is 330 g/mol. The second-order valence-electron chi connectivity index (χ2n) is 4.43. The number of aromatic nitrogens is 2. The molecular formula is C14H11F5N4. The van der Waals surface area contributed by atoms with E-state index in [1.165, 1.54) is 6.21 Å². The molecule has 0 aliphatic heterocycles. The zero-order valence-corrected chi connectivity index (χ0v) is 11.6. The largest absolute Gasteiger partial charge is 0.433 e. The molecule has 0 saturated heterocycles. The van der Waals surface area contributed by atoms with Crippen LogP contribution in [0.5, 0.6) is 0 Å². The van der Waals surface area contributed by atoms with Gasteiger partial charge in [0.15, 0.2) is 0 Å². The highest BCUT2D eigenvalue weighted by Crippen LogP contribution is 2.27. The summed E-state index contributed by atoms with van der Waals surface area (Å²) in [7, 11) is 0. The first-order valence-corrected chi connectivity index (χ1v) is 6.44. The molecule has 0 aliphatic carbocycles. The van der Waals surface area contributed by atoms with E-state index in [4.69, 9.17) is 0 Å². The third-order valence-corrected chi connectivity index (χ3v) is 2.60. The molecule has 0 radical (unpaired) electrons. The van der Waals surface area contributed by atoms with E-state index in [1.807, 2.05) is 0 Å². The summed E-state index contributed by atoms with van der Waals surface area (Å²) >= 11 is 0. The van der Waals surface area contributed by atoms with Crippen molar-refractivity contribution in [1.82, 2.24) is 9.97 Å². The average Bonchev–Trinajstić information content (AvgIpc) is 2.45. The standard InChI is InChI=1S/C14H11F5N4/c15-10-5-9(6-11(16)7-10)8-20-3-4-22-13-21-2-1-12(23-13)14(17,18)19/h1-2,5-8H,3-4H2,(H,21,22,23). The Morgan fingerprint density at radius 3 is 2.48 bits per heavy atom. The van der Waals surface area contributed by atoms with Crippen LogP contribution in [0.4, 0.5) is 27.9 Å². The SMILES string of the molecule is Fc1cc(F)cc(C=NCCNc2nccc(C(F)(F)F)n2)c1. The van der Waals surface area contributed by atoms with Crippen LogP contribution in [0.25, 0.3) is 0 Å². The lowest BCUT2D eigenvalue weighted by molar-refractivity contribution is -0.141. The molecule has 1 heterocycles. The fourth-order valence-corrected chi connectivity index (χ4v) is 1.65. The molecule has 23 heavy (non-hydrogen) atoms. The first-order valence-electron chi connectivity index (χ1n) is 6.44. The summed E-state index contributed by atoms with van der Waals surface area (Å²) in [4.78, 5) is 10.9. The van der Waals surface area contributed by atoms with Crippen LogP contribution >= 0.6 is 0 Å². The van der Waals surface area contributed by atoms with Gasteiger partial charge in [0, 0.05) is 25.0 Å². The lowest BCUT2D eigenvalue weighted by Crippen LogP contribution is -2.13. The summed E-state index contributed by atoms with van der Waals surface area (Å²) in [6.45, 7) is 0.327. The van der Waals surface area contributed by atoms with Gasteiger partial charge in [0.1, 0.15) is 17.3 Å². The topological polar surface area (TPSA) is 50.2 Å². The van der Waals surface area contributed by atoms with Crippen molar-refractivity contribution in [3.63, 3.8) is 0 Å². The van der Waals surface area contributed by atoms with Gasteiger partial charge in [-0.05, 0) is 23.8 Å². The van der Waals surface area contributed by atoms with Crippen LogP contribution in [-0.2, 0) is 6.18 Å². The van der Waals surface area contributed by atoms with Crippen molar-refractivity contribution in [2.24, 2.45) is 4.99 Å². The highest BCUT2D eigenvalue weighted by molar-refractivity contribution is 5.79. The van der Waals surface area contributed by atoms with Gasteiger partial charge in [-0.1, -0.05) is 0 Å². The Balaban J connectivity index is 1.87. The Labute approximate surface area is 128 Å². The number of benzene rings is 1. The molecule has 1 N–H and O–H groups in total. The number of anilines is 1. The number of rotatable bonds is 5. The predicted molar refractivity (Wildman–Crippen MR) is 74.3 cm³/mol. The molecule has 0 atom stereocenters. The van der Waals surface area contributed by atoms with Crippen LogP contribution in [0, 0.1) is 11.6 Å². The van der Waals surface area contributed by atoms with E-state index in [0.717, 1.165) is 30.5 Å². The van der Waals surface area contributed by atoms with Crippen molar-refractivity contribution < 1.29 is 22.0 Å². The van der Waals surface area contributed by atoms with E-state index in [1.54, 1.807) is 0 Å². The lowest BCUT2D eigenvalue weighted by atomic mass is 10.2. The van der Waals surface area contributed by atoms with Gasteiger partial charge in [0.25, 0.3) is 0 Å². The van der Waals surface area contributed by atoms with E-state index in [-0.39, 0.29) is 24.6 Å². The Morgan fingerprint density at radius 2 is 1.83 bits per heavy atom. The first kappa shape index (κ1) is 16.8. The lowest BCUT2D eigenvalue weighted by Gasteiger charge is -2.07. The highest BCUT2D eigenvalue weighted by Gasteiger charge is 2.32. The minimum absolute atomic E-state index is 0.162. The number of aliphatic imine (C=N–C) groups is 1. The second kappa shape index (κ2) is 7.12. The highest BCUT2D eigenvalue weighted by atomic mass is 19.4. The number of nitrogens with one attached hydrogen (secondary N) is 1. The van der Waals surface area contributed by atoms with E-state index in [0.29, 0.717) is 0 Å². The molecule has 0 aliphatic rings. The smallest absolute Gasteiger partial charge is 0.352 e. The normalized spacial score (nSPS) is 11.9. The van der Waals surface area contributed by atoms with Gasteiger partial charge in [-0.25, -0.2) is 18.7 Å². The van der Waals surface area contributed by atoms with Gasteiger partial charge in [0.2, 0.25) is 5.95 Å². The first-order chi connectivity index (χ1) is 10.8. The monoisotopic (exact) mass is 330 g/mol. The minimum atomic E-state index is -4.54. The minimum Gasteiger partial charge on any atom is -0.352 e. The number of alkyl halides is 3. The van der Waals surface area contributed by atoms with E-state index in [9.17, 15) is 22.0 Å². The number of nitrogens with zero attached hydrogens (tertiary/aromatic N) is 3. The second-order valence-corrected chi connectivity index (χ2v) is 4.43. The van der Waals surface area contributed by atoms with Crippen LogP contribution in [0.3, 0.4) is 0 Å². The van der Waals surface area contributed by atoms with Gasteiger partial charge in [0.05, 0.1) is 6.54 Å². The Morgan fingerprint density at radius 1 is 1.13 bits per heavy atom. The predicted octanol–water partition coefficient (Wildman–Crippen LogP) is 3.30. The summed E-state index contributed by atoms with van der Waals surface area (Å²) in [6.07, 6.45) is -2.28. The summed E-state index contributed by atoms with van der Waals surface area (Å²) in [5.74, 6) is -1.62. The quantitative estimate of drug-likeness (QED) is 0.520. The van der Waals surface area contributed by atoms with Gasteiger partial charge in [-0.2, -0.15) is 13.2 Å². The molecule has 0 bridgehead atoms. The molecule has 1 aromatic heterocycles. The molecule has 0 fully saturated rings. The number of halogens is 5. The molecule has 0 saturated carbocycles. The van der Waals surface area contributed by atoms with Crippen LogP contribution in [0.15, 0.2) is 35.5 Å². The maximum atomic E-state index is 12.9. The fourth-order valence-electron chi connectivity index (χ4n) is 1.65. The Bertz CT molecular complexity index is 680. The van der Waals surface area contributed by atoms with Gasteiger partial charge < -0.3 is 5.32 Å². The molecule has 2 aromatic rings. The zero-order chi connectivity index (χ0) is 16.9. The van der Waals surface area contributed by atoms with Crippen LogP contribution in [0.2, 0.25) is 0 Å². The molecule has 0 unspecified atom stereocenters. The molecular weight excluding hydrogens is 319 g/mol. The van der Waals surface area contributed by atoms with Gasteiger partial charge >= 0.3 is 6.18 Å². The van der Waals surface area contributed by atoms with Crippen molar-refractivity contribution in [1.29, 1.82) is 0 Å². The van der Waals surface area contributed by atoms with E-state index >= 15 is 0 Å². The van der Waals surface area contributed by atoms with Crippen molar-refractivity contribution >= 4 is 12.2 Å². The summed E-state index contributed by atoms with van der Waals surface area (Å²) < 4.78 is 63.3. The number of hydrogen-bond donors (Lipinski definition) is 1. The Kier molecular flexibility index (Phi) is 5.20. The van der Waals surface area contributed by atoms with Crippen molar-refractivity contribution in [3.05, 3.63) is 53.4 Å². The van der Waals surface area contributed by atoms with Gasteiger partial charge in [-0.15, -0.1) is 0 Å². The molecule has 1 aromatic carbocycles. The third-order valence-electron chi connectivity index (χ3n) is 2.60. The fraction of sp³-hybridized carbons (Fsp3) is 0.214. The van der Waals surface area contributed by atoms with Crippen LogP contribution in [0.1, 0.15) is 11.3 Å². The molecule has 4 nitrogen and oxygen atoms in total. The summed E-state index contributed by atoms with van der Waals surface area (Å²) in [6, 6.07) is 3.72. The van der Waals surface area contributed by atoms with Crippen molar-refractivity contribution in [3.8, 4) is 0 Å². The molecule has 122 valence electrons. The summed E-state index contributed by atoms with van der Waals surface area (Å²) in [5.41, 5.74) is -0.799. The van der Waals surface area contributed by atoms with E-state index < -0.39 is 23.5 Å².